The Kier molecular flexibility index (Phi) is 2.05. The zero-order valence-corrected chi connectivity index (χ0v) is 6.43. The van der Waals surface area contributed by atoms with E-state index in [1.807, 2.05) is 0 Å². The van der Waals surface area contributed by atoms with E-state index in [0.717, 1.165) is 0 Å². The van der Waals surface area contributed by atoms with Crippen LogP contribution in [0.3, 0.4) is 0 Å². The minimum absolute atomic E-state index is 0.151. The van der Waals surface area contributed by atoms with Crippen molar-refractivity contribution in [3.05, 3.63) is 23.1 Å². The van der Waals surface area contributed by atoms with Gasteiger partial charge in [0, 0.05) is 0 Å². The third-order valence-corrected chi connectivity index (χ3v) is 1.67. The summed E-state index contributed by atoms with van der Waals surface area (Å²) in [6.45, 7) is 0. The first-order chi connectivity index (χ1) is 5.13. The average Bonchev–Trinajstić information content (AvgIpc) is 1.94. The topological polar surface area (TPSA) is 85.1 Å². The van der Waals surface area contributed by atoms with Crippen LogP contribution in [0.4, 0.5) is 0 Å². The van der Waals surface area contributed by atoms with Crippen molar-refractivity contribution >= 4 is 17.4 Å². The Morgan fingerprint density at radius 3 is 2.82 bits per heavy atom. The molecule has 5 heteroatoms. The summed E-state index contributed by atoms with van der Waals surface area (Å²) in [7, 11) is 0. The fourth-order valence-electron chi connectivity index (χ4n) is 0.692. The number of rotatable bonds is 1. The summed E-state index contributed by atoms with van der Waals surface area (Å²) in [5.74, 6) is -0.151. The van der Waals surface area contributed by atoms with E-state index in [1.54, 1.807) is 0 Å². The van der Waals surface area contributed by atoms with E-state index < -0.39 is 6.10 Å². The summed E-state index contributed by atoms with van der Waals surface area (Å²) in [6.07, 6.45) is 2.18. The van der Waals surface area contributed by atoms with E-state index in [9.17, 15) is 0 Å². The Labute approximate surface area is 69.0 Å². The van der Waals surface area contributed by atoms with E-state index in [2.05, 4.69) is 0 Å². The molecule has 0 aromatic carbocycles. The zero-order valence-electron chi connectivity index (χ0n) is 5.67. The van der Waals surface area contributed by atoms with Gasteiger partial charge in [-0.3, -0.25) is 5.41 Å². The molecule has 1 atom stereocenters. The number of amidine groups is 1. The van der Waals surface area contributed by atoms with Gasteiger partial charge in [0.25, 0.3) is 0 Å². The smallest absolute Gasteiger partial charge is 0.191 e. The van der Waals surface area contributed by atoms with Crippen LogP contribution in [0, 0.1) is 5.41 Å². The minimum Gasteiger partial charge on any atom is -0.484 e. The molecular formula is C6H8ClN3O. The van der Waals surface area contributed by atoms with Gasteiger partial charge in [0.15, 0.2) is 6.10 Å². The van der Waals surface area contributed by atoms with Crippen molar-refractivity contribution < 1.29 is 4.74 Å². The van der Waals surface area contributed by atoms with Gasteiger partial charge in [-0.1, -0.05) is 11.6 Å². The highest BCUT2D eigenvalue weighted by atomic mass is 35.5. The van der Waals surface area contributed by atoms with Gasteiger partial charge in [0.1, 0.15) is 5.84 Å². The molecule has 1 aliphatic rings. The molecule has 0 amide bonds. The van der Waals surface area contributed by atoms with Gasteiger partial charge in [-0.05, 0) is 6.08 Å². The Morgan fingerprint density at radius 2 is 2.36 bits per heavy atom. The van der Waals surface area contributed by atoms with Gasteiger partial charge in [-0.2, -0.15) is 0 Å². The van der Waals surface area contributed by atoms with Crippen LogP contribution >= 0.6 is 11.6 Å². The van der Waals surface area contributed by atoms with Crippen LogP contribution in [0.5, 0.6) is 0 Å². The van der Waals surface area contributed by atoms with E-state index in [1.165, 1.54) is 12.3 Å². The second-order valence-electron chi connectivity index (χ2n) is 2.08. The maximum Gasteiger partial charge on any atom is 0.191 e. The van der Waals surface area contributed by atoms with Crippen molar-refractivity contribution in [1.82, 2.24) is 0 Å². The molecule has 0 aliphatic carbocycles. The number of hydrogen-bond acceptors (Lipinski definition) is 3. The summed E-state index contributed by atoms with van der Waals surface area (Å²) >= 11 is 5.69. The molecule has 4 nitrogen and oxygen atoms in total. The van der Waals surface area contributed by atoms with Crippen molar-refractivity contribution in [2.45, 2.75) is 6.10 Å². The maximum atomic E-state index is 7.05. The lowest BCUT2D eigenvalue weighted by Gasteiger charge is -2.18. The average molecular weight is 174 g/mol. The van der Waals surface area contributed by atoms with Gasteiger partial charge >= 0.3 is 0 Å². The molecule has 0 bridgehead atoms. The molecule has 60 valence electrons. The number of nitrogens with two attached hydrogens (primary N) is 2. The van der Waals surface area contributed by atoms with Gasteiger partial charge in [-0.25, -0.2) is 0 Å². The second-order valence-corrected chi connectivity index (χ2v) is 2.48. The molecule has 0 saturated heterocycles. The maximum absolute atomic E-state index is 7.05. The zero-order chi connectivity index (χ0) is 8.43. The first-order valence-corrected chi connectivity index (χ1v) is 3.32. The lowest BCUT2D eigenvalue weighted by atomic mass is 10.2. The summed E-state index contributed by atoms with van der Waals surface area (Å²) in [6, 6.07) is 0. The molecule has 0 aromatic rings. The van der Waals surface area contributed by atoms with Crippen LogP contribution in [0.25, 0.3) is 0 Å². The molecule has 0 radical (unpaired) electrons. The highest BCUT2D eigenvalue weighted by Gasteiger charge is 2.21. The molecule has 0 aromatic heterocycles. The van der Waals surface area contributed by atoms with Gasteiger partial charge in [-0.15, -0.1) is 0 Å². The number of nitrogens with one attached hydrogen (secondary N) is 1. The molecule has 1 aliphatic heterocycles. The molecule has 1 unspecified atom stereocenters. The lowest BCUT2D eigenvalue weighted by Crippen LogP contribution is -2.32. The molecule has 0 fully saturated rings. The molecule has 5 N–H and O–H groups in total. The van der Waals surface area contributed by atoms with Crippen molar-refractivity contribution in [1.29, 1.82) is 5.41 Å². The third kappa shape index (κ3) is 1.46. The van der Waals surface area contributed by atoms with Crippen molar-refractivity contribution in [3.63, 3.8) is 0 Å². The fraction of sp³-hybridized carbons (Fsp3) is 0.167. The standard InChI is InChI=1S/C6H8ClN3O/c7-4-3(8)1-2-11-5(4)6(9)10/h1-2,5H,8H2,(H3,9,10). The first-order valence-electron chi connectivity index (χ1n) is 2.94. The Bertz CT molecular complexity index is 246. The molecule has 0 saturated carbocycles. The SMILES string of the molecule is N=C(N)C1OC=CC(N)=C1Cl. The fourth-order valence-corrected chi connectivity index (χ4v) is 0.924. The summed E-state index contributed by atoms with van der Waals surface area (Å²) in [4.78, 5) is 0. The van der Waals surface area contributed by atoms with Crippen LogP contribution in [0.1, 0.15) is 0 Å². The van der Waals surface area contributed by atoms with E-state index in [-0.39, 0.29) is 10.9 Å². The largest absolute Gasteiger partial charge is 0.484 e. The molecule has 1 rings (SSSR count). The van der Waals surface area contributed by atoms with Crippen LogP contribution in [0.2, 0.25) is 0 Å². The highest BCUT2D eigenvalue weighted by Crippen LogP contribution is 2.19. The van der Waals surface area contributed by atoms with E-state index in [0.29, 0.717) is 5.70 Å². The number of hydrogen-bond donors (Lipinski definition) is 3. The van der Waals surface area contributed by atoms with Gasteiger partial charge < -0.3 is 16.2 Å². The van der Waals surface area contributed by atoms with Crippen molar-refractivity contribution in [2.24, 2.45) is 11.5 Å². The van der Waals surface area contributed by atoms with E-state index >= 15 is 0 Å². The Morgan fingerprint density at radius 1 is 1.73 bits per heavy atom. The quantitative estimate of drug-likeness (QED) is 0.392. The van der Waals surface area contributed by atoms with Gasteiger partial charge in [0.05, 0.1) is 17.0 Å². The Balaban J connectivity index is 2.89. The predicted octanol–water partition coefficient (Wildman–Crippen LogP) is 0.244. The monoisotopic (exact) mass is 173 g/mol. The van der Waals surface area contributed by atoms with Crippen molar-refractivity contribution in [3.8, 4) is 0 Å². The lowest BCUT2D eigenvalue weighted by molar-refractivity contribution is 0.231. The van der Waals surface area contributed by atoms with E-state index in [4.69, 9.17) is 33.2 Å². The Hall–Kier alpha value is -1.16. The number of ether oxygens (including phenoxy) is 1. The molecule has 1 heterocycles. The highest BCUT2D eigenvalue weighted by molar-refractivity contribution is 6.32. The predicted molar refractivity (Wildman–Crippen MR) is 43.0 cm³/mol. The van der Waals surface area contributed by atoms with Crippen LogP contribution in [0.15, 0.2) is 23.1 Å². The first kappa shape index (κ1) is 7.94. The van der Waals surface area contributed by atoms with Crippen molar-refractivity contribution in [2.75, 3.05) is 0 Å². The number of allylic oxidation sites excluding steroid dienone is 1. The molecular weight excluding hydrogens is 166 g/mol. The summed E-state index contributed by atoms with van der Waals surface area (Å²) in [5.41, 5.74) is 11.0. The van der Waals surface area contributed by atoms with Crippen LogP contribution in [-0.2, 0) is 4.74 Å². The summed E-state index contributed by atoms with van der Waals surface area (Å²) < 4.78 is 4.92. The van der Waals surface area contributed by atoms with Gasteiger partial charge in [0.2, 0.25) is 0 Å². The summed E-state index contributed by atoms with van der Waals surface area (Å²) in [5, 5.41) is 7.32. The third-order valence-electron chi connectivity index (χ3n) is 1.25. The second kappa shape index (κ2) is 2.84. The van der Waals surface area contributed by atoms with Crippen LogP contribution in [-0.4, -0.2) is 11.9 Å². The minimum atomic E-state index is -0.707. The number of halogens is 1. The molecule has 11 heavy (non-hydrogen) atoms. The normalized spacial score (nSPS) is 23.2. The van der Waals surface area contributed by atoms with Crippen LogP contribution < -0.4 is 11.5 Å². The molecule has 0 spiro atoms.